The zero-order valence-electron chi connectivity index (χ0n) is 11.2. The highest BCUT2D eigenvalue weighted by Crippen LogP contribution is 2.31. The molecule has 0 fully saturated rings. The van der Waals surface area contributed by atoms with Crippen LogP contribution in [0.3, 0.4) is 0 Å². The normalized spacial score (nSPS) is 11.7. The number of hydrogen-bond acceptors (Lipinski definition) is 6. The molecule has 0 saturated carbocycles. The highest BCUT2D eigenvalue weighted by molar-refractivity contribution is 9.10. The molecule has 0 spiro atoms. The molecule has 1 aromatic carbocycles. The van der Waals surface area contributed by atoms with Crippen molar-refractivity contribution in [2.45, 2.75) is 17.2 Å². The molecule has 0 radical (unpaired) electrons. The minimum Gasteiger partial charge on any atom is -0.375 e. The molecule has 0 amide bonds. The summed E-state index contributed by atoms with van der Waals surface area (Å²) in [5, 5.41) is 15.7. The van der Waals surface area contributed by atoms with Crippen LogP contribution in [0.15, 0.2) is 39.0 Å². The van der Waals surface area contributed by atoms with E-state index in [1.165, 1.54) is 11.3 Å². The quantitative estimate of drug-likeness (QED) is 0.556. The second-order valence-electron chi connectivity index (χ2n) is 4.29. The molecule has 1 aromatic heterocycles. The highest BCUT2D eigenvalue weighted by Gasteiger charge is 2.29. The van der Waals surface area contributed by atoms with Crippen LogP contribution in [0.2, 0.25) is 0 Å². The van der Waals surface area contributed by atoms with E-state index in [-0.39, 0.29) is 12.2 Å². The summed E-state index contributed by atoms with van der Waals surface area (Å²) in [7, 11) is -4.89. The topological polar surface area (TPSA) is 89.3 Å². The lowest BCUT2D eigenvalue weighted by atomic mass is 10.2. The molecule has 0 atom stereocenters. The molecule has 0 aliphatic carbocycles. The zero-order chi connectivity index (χ0) is 17.2. The van der Waals surface area contributed by atoms with E-state index in [9.17, 15) is 27.3 Å². The van der Waals surface area contributed by atoms with Gasteiger partial charge in [-0.25, -0.2) is 8.42 Å². The average molecular weight is 427 g/mol. The number of hydrogen-bond donors (Lipinski definition) is 1. The van der Waals surface area contributed by atoms with Crippen LogP contribution in [0.25, 0.3) is 0 Å². The first kappa shape index (κ1) is 17.8. The van der Waals surface area contributed by atoms with Gasteiger partial charge in [0.25, 0.3) is 5.69 Å². The molecule has 1 heterocycles. The summed E-state index contributed by atoms with van der Waals surface area (Å²) in [4.78, 5) is 10.3. The van der Waals surface area contributed by atoms with E-state index in [4.69, 9.17) is 0 Å². The first-order valence-electron chi connectivity index (χ1n) is 5.99. The van der Waals surface area contributed by atoms with Gasteiger partial charge in [-0.2, -0.15) is 8.78 Å². The van der Waals surface area contributed by atoms with Crippen molar-refractivity contribution in [3.63, 3.8) is 0 Å². The van der Waals surface area contributed by atoms with Crippen LogP contribution in [0.5, 0.6) is 0 Å². The Hall–Kier alpha value is -1.59. The summed E-state index contributed by atoms with van der Waals surface area (Å²) in [6.45, 7) is 0.264. The van der Waals surface area contributed by atoms with Gasteiger partial charge < -0.3 is 5.32 Å². The van der Waals surface area contributed by atoms with Crippen molar-refractivity contribution in [3.8, 4) is 0 Å². The van der Waals surface area contributed by atoms with E-state index < -0.39 is 31.1 Å². The molecule has 23 heavy (non-hydrogen) atoms. The molecule has 2 aromatic rings. The number of alkyl halides is 2. The maximum absolute atomic E-state index is 12.5. The van der Waals surface area contributed by atoms with E-state index in [0.29, 0.717) is 6.07 Å². The summed E-state index contributed by atoms with van der Waals surface area (Å²) in [5.74, 6) is -3.64. The highest BCUT2D eigenvalue weighted by atomic mass is 79.9. The van der Waals surface area contributed by atoms with Gasteiger partial charge in [-0.1, -0.05) is 0 Å². The van der Waals surface area contributed by atoms with E-state index in [1.807, 2.05) is 11.4 Å². The monoisotopic (exact) mass is 426 g/mol. The van der Waals surface area contributed by atoms with Crippen LogP contribution in [0.1, 0.15) is 4.88 Å². The fourth-order valence-electron chi connectivity index (χ4n) is 1.72. The smallest absolute Gasteiger partial charge is 0.341 e. The zero-order valence-corrected chi connectivity index (χ0v) is 14.4. The number of nitrogens with zero attached hydrogens (tertiary/aromatic N) is 1. The molecule has 124 valence electrons. The fraction of sp³-hybridized carbons (Fsp3) is 0.167. The number of halogens is 3. The van der Waals surface area contributed by atoms with Crippen molar-refractivity contribution >= 4 is 48.5 Å². The van der Waals surface area contributed by atoms with Crippen molar-refractivity contribution in [1.29, 1.82) is 0 Å². The van der Waals surface area contributed by atoms with E-state index in [1.54, 1.807) is 0 Å². The van der Waals surface area contributed by atoms with Crippen LogP contribution < -0.4 is 5.32 Å². The first-order valence-corrected chi connectivity index (χ1v) is 9.21. The van der Waals surface area contributed by atoms with Crippen LogP contribution in [0, 0.1) is 10.1 Å². The maximum Gasteiger partial charge on any atom is 0.341 e. The number of nitro benzene ring substituents is 1. The Morgan fingerprint density at radius 3 is 2.57 bits per heavy atom. The van der Waals surface area contributed by atoms with Crippen LogP contribution in [-0.4, -0.2) is 19.1 Å². The summed E-state index contributed by atoms with van der Waals surface area (Å²) in [6.07, 6.45) is 0. The average Bonchev–Trinajstić information content (AvgIpc) is 2.89. The van der Waals surface area contributed by atoms with Gasteiger partial charge in [-0.3, -0.25) is 10.1 Å². The number of sulfone groups is 1. The number of nitrogens with one attached hydrogen (secondary N) is 1. The third-order valence-corrected chi connectivity index (χ3v) is 6.17. The fourth-order valence-corrected chi connectivity index (χ4v) is 3.89. The largest absolute Gasteiger partial charge is 0.375 e. The second-order valence-corrected chi connectivity index (χ2v) is 8.06. The Kier molecular flexibility index (Phi) is 5.32. The molecule has 2 rings (SSSR count). The van der Waals surface area contributed by atoms with E-state index in [0.717, 1.165) is 21.5 Å². The van der Waals surface area contributed by atoms with Crippen molar-refractivity contribution in [2.24, 2.45) is 0 Å². The van der Waals surface area contributed by atoms with E-state index in [2.05, 4.69) is 21.2 Å². The molecule has 11 heteroatoms. The van der Waals surface area contributed by atoms with Gasteiger partial charge in [-0.05, 0) is 39.5 Å². The van der Waals surface area contributed by atoms with Crippen molar-refractivity contribution in [1.82, 2.24) is 0 Å². The van der Waals surface area contributed by atoms with Crippen molar-refractivity contribution in [2.75, 3.05) is 5.32 Å². The Labute approximate surface area is 142 Å². The number of nitro groups is 1. The predicted octanol–water partition coefficient (Wildman–Crippen LogP) is 4.03. The molecule has 0 unspecified atom stereocenters. The van der Waals surface area contributed by atoms with Gasteiger partial charge in [0.2, 0.25) is 9.84 Å². The van der Waals surface area contributed by atoms with Gasteiger partial charge in [0.1, 0.15) is 5.69 Å². The van der Waals surface area contributed by atoms with Crippen molar-refractivity contribution in [3.05, 3.63) is 49.1 Å². The predicted molar refractivity (Wildman–Crippen MR) is 85.6 cm³/mol. The van der Waals surface area contributed by atoms with Gasteiger partial charge in [0.15, 0.2) is 0 Å². The molecule has 0 aliphatic rings. The van der Waals surface area contributed by atoms with Crippen molar-refractivity contribution < 1.29 is 22.1 Å². The van der Waals surface area contributed by atoms with E-state index >= 15 is 0 Å². The summed E-state index contributed by atoms with van der Waals surface area (Å²) in [6, 6.07) is 4.47. The SMILES string of the molecule is O=[N+]([O-])c1cc(S(=O)(=O)C(F)F)ccc1NCc1sccc1Br. The third kappa shape index (κ3) is 3.85. The Balaban J connectivity index is 2.34. The molecule has 0 aliphatic heterocycles. The first-order chi connectivity index (χ1) is 10.7. The van der Waals surface area contributed by atoms with Gasteiger partial charge in [-0.15, -0.1) is 11.3 Å². The molecular formula is C12H9BrF2N2O4S2. The number of anilines is 1. The third-order valence-electron chi connectivity index (χ3n) is 2.86. The minimum atomic E-state index is -4.89. The number of thiophene rings is 1. The lowest BCUT2D eigenvalue weighted by Gasteiger charge is -2.09. The summed E-state index contributed by atoms with van der Waals surface area (Å²) >= 11 is 4.73. The Morgan fingerprint density at radius 2 is 2.04 bits per heavy atom. The van der Waals surface area contributed by atoms with Gasteiger partial charge >= 0.3 is 5.76 Å². The molecule has 6 nitrogen and oxygen atoms in total. The lowest BCUT2D eigenvalue weighted by molar-refractivity contribution is -0.384. The minimum absolute atomic E-state index is 0.0449. The molecular weight excluding hydrogens is 418 g/mol. The molecule has 0 saturated heterocycles. The second kappa shape index (κ2) is 6.89. The Bertz CT molecular complexity index is 839. The lowest BCUT2D eigenvalue weighted by Crippen LogP contribution is -2.12. The van der Waals surface area contributed by atoms with Crippen LogP contribution in [-0.2, 0) is 16.4 Å². The molecule has 0 bridgehead atoms. The van der Waals surface area contributed by atoms with Crippen LogP contribution in [0.4, 0.5) is 20.2 Å². The number of rotatable bonds is 6. The number of benzene rings is 1. The maximum atomic E-state index is 12.5. The van der Waals surface area contributed by atoms with Gasteiger partial charge in [0, 0.05) is 15.4 Å². The summed E-state index contributed by atoms with van der Waals surface area (Å²) < 4.78 is 48.7. The Morgan fingerprint density at radius 1 is 1.35 bits per heavy atom. The summed E-state index contributed by atoms with van der Waals surface area (Å²) in [5.41, 5.74) is -0.539. The molecule has 1 N–H and O–H groups in total. The van der Waals surface area contributed by atoms with Gasteiger partial charge in [0.05, 0.1) is 16.4 Å². The van der Waals surface area contributed by atoms with Crippen LogP contribution >= 0.6 is 27.3 Å². The standard InChI is InChI=1S/C12H9BrF2N2O4S2/c13-8-3-4-22-11(8)6-16-9-2-1-7(5-10(9)17(18)19)23(20,21)12(14)15/h1-5,12,16H,6H2.